The number of hydrogen-bond donors (Lipinski definition) is 1. The molecular weight excluding hydrogens is 420 g/mol. The van der Waals surface area contributed by atoms with Gasteiger partial charge in [-0.1, -0.05) is 24.0 Å². The monoisotopic (exact) mass is 436 g/mol. The Morgan fingerprint density at radius 3 is 2.57 bits per heavy atom. The first-order valence-electron chi connectivity index (χ1n) is 8.98. The highest BCUT2D eigenvalue weighted by Crippen LogP contribution is 2.36. The second-order valence-electron chi connectivity index (χ2n) is 6.74. The Morgan fingerprint density at radius 2 is 1.90 bits per heavy atom. The summed E-state index contributed by atoms with van der Waals surface area (Å²) in [6, 6.07) is 13.5. The Kier molecular flexibility index (Phi) is 5.27. The van der Waals surface area contributed by atoms with Crippen molar-refractivity contribution in [2.75, 3.05) is 4.90 Å². The number of thioether (sulfide) groups is 1. The van der Waals surface area contributed by atoms with Crippen molar-refractivity contribution < 1.29 is 19.1 Å². The standard InChI is InChI=1S/C22H16N2O4S2/c1-12-9-13(2)23-17(10-12)18-8-7-16(28-18)11-19-20(25)24(22(29)30-19)15-5-3-14(4-6-15)21(26)27/h3-11H,1-2H3,(H,26,27). The lowest BCUT2D eigenvalue weighted by Gasteiger charge is -2.14. The van der Waals surface area contributed by atoms with E-state index in [2.05, 4.69) is 4.98 Å². The predicted octanol–water partition coefficient (Wildman–Crippen LogP) is 5.06. The Morgan fingerprint density at radius 1 is 1.17 bits per heavy atom. The van der Waals surface area contributed by atoms with Crippen molar-refractivity contribution in [2.24, 2.45) is 0 Å². The van der Waals surface area contributed by atoms with Gasteiger partial charge in [-0.25, -0.2) is 9.78 Å². The van der Waals surface area contributed by atoms with Gasteiger partial charge in [-0.15, -0.1) is 0 Å². The third-order valence-electron chi connectivity index (χ3n) is 4.42. The van der Waals surface area contributed by atoms with Crippen molar-refractivity contribution in [3.63, 3.8) is 0 Å². The molecule has 1 N–H and O–H groups in total. The van der Waals surface area contributed by atoms with E-state index >= 15 is 0 Å². The van der Waals surface area contributed by atoms with Crippen LogP contribution in [0.1, 0.15) is 27.4 Å². The molecular formula is C22H16N2O4S2. The Balaban J connectivity index is 1.59. The van der Waals surface area contributed by atoms with E-state index in [9.17, 15) is 9.59 Å². The SMILES string of the molecule is Cc1cc(C)nc(-c2ccc(C=C3SC(=S)N(c4ccc(C(=O)O)cc4)C3=O)o2)c1. The fourth-order valence-electron chi connectivity index (χ4n) is 3.11. The summed E-state index contributed by atoms with van der Waals surface area (Å²) in [6.07, 6.45) is 1.65. The number of benzene rings is 1. The zero-order valence-electron chi connectivity index (χ0n) is 16.1. The minimum atomic E-state index is -1.03. The number of anilines is 1. The first kappa shape index (κ1) is 20.1. The van der Waals surface area contributed by atoms with Gasteiger partial charge in [-0.05, 0) is 67.9 Å². The molecule has 3 heterocycles. The highest BCUT2D eigenvalue weighted by Gasteiger charge is 2.33. The molecule has 3 aromatic rings. The molecule has 0 bridgehead atoms. The van der Waals surface area contributed by atoms with Crippen LogP contribution < -0.4 is 4.90 Å². The molecule has 8 heteroatoms. The number of carbonyl (C=O) groups is 2. The summed E-state index contributed by atoms with van der Waals surface area (Å²) >= 11 is 6.53. The van der Waals surface area contributed by atoms with E-state index in [0.29, 0.717) is 26.4 Å². The van der Waals surface area contributed by atoms with Gasteiger partial charge >= 0.3 is 5.97 Å². The summed E-state index contributed by atoms with van der Waals surface area (Å²) in [5.41, 5.74) is 3.38. The molecule has 2 aromatic heterocycles. The minimum absolute atomic E-state index is 0.142. The fourth-order valence-corrected chi connectivity index (χ4v) is 4.39. The summed E-state index contributed by atoms with van der Waals surface area (Å²) in [5.74, 6) is -0.172. The maximum absolute atomic E-state index is 12.9. The highest BCUT2D eigenvalue weighted by atomic mass is 32.2. The molecule has 150 valence electrons. The van der Waals surface area contributed by atoms with Gasteiger partial charge in [0.25, 0.3) is 5.91 Å². The Hall–Kier alpha value is -3.23. The van der Waals surface area contributed by atoms with Gasteiger partial charge in [-0.2, -0.15) is 0 Å². The van der Waals surface area contributed by atoms with E-state index in [1.54, 1.807) is 24.3 Å². The second kappa shape index (κ2) is 7.89. The molecule has 0 radical (unpaired) electrons. The number of nitrogens with zero attached hydrogens (tertiary/aromatic N) is 2. The summed E-state index contributed by atoms with van der Waals surface area (Å²) in [7, 11) is 0. The molecule has 1 aliphatic rings. The smallest absolute Gasteiger partial charge is 0.335 e. The summed E-state index contributed by atoms with van der Waals surface area (Å²) < 4.78 is 6.25. The van der Waals surface area contributed by atoms with Crippen LogP contribution in [0, 0.1) is 13.8 Å². The summed E-state index contributed by atoms with van der Waals surface area (Å²) in [6.45, 7) is 3.92. The van der Waals surface area contributed by atoms with E-state index in [-0.39, 0.29) is 11.5 Å². The first-order valence-corrected chi connectivity index (χ1v) is 10.2. The van der Waals surface area contributed by atoms with Crippen LogP contribution in [-0.2, 0) is 4.79 Å². The van der Waals surface area contributed by atoms with E-state index in [1.165, 1.54) is 28.8 Å². The molecule has 1 saturated heterocycles. The van der Waals surface area contributed by atoms with Crippen LogP contribution in [0.15, 0.2) is 57.9 Å². The number of aromatic carboxylic acids is 1. The molecule has 4 rings (SSSR count). The summed E-state index contributed by atoms with van der Waals surface area (Å²) in [4.78, 5) is 30.2. The lowest BCUT2D eigenvalue weighted by Crippen LogP contribution is -2.27. The number of carboxylic acids is 1. The number of furan rings is 1. The Labute approximate surface area is 182 Å². The van der Waals surface area contributed by atoms with E-state index < -0.39 is 5.97 Å². The number of hydrogen-bond acceptors (Lipinski definition) is 6. The zero-order valence-corrected chi connectivity index (χ0v) is 17.7. The van der Waals surface area contributed by atoms with Gasteiger partial charge in [0, 0.05) is 11.8 Å². The lowest BCUT2D eigenvalue weighted by molar-refractivity contribution is -0.113. The van der Waals surface area contributed by atoms with Gasteiger partial charge in [0.05, 0.1) is 16.2 Å². The second-order valence-corrected chi connectivity index (χ2v) is 8.42. The van der Waals surface area contributed by atoms with Crippen molar-refractivity contribution in [1.82, 2.24) is 4.98 Å². The third-order valence-corrected chi connectivity index (χ3v) is 5.72. The zero-order chi connectivity index (χ0) is 21.4. The number of aromatic nitrogens is 1. The number of thiocarbonyl (C=S) groups is 1. The van der Waals surface area contributed by atoms with E-state index in [4.69, 9.17) is 21.7 Å². The van der Waals surface area contributed by atoms with Gasteiger partial charge < -0.3 is 9.52 Å². The number of amides is 1. The average molecular weight is 437 g/mol. The Bertz CT molecular complexity index is 1190. The summed E-state index contributed by atoms with van der Waals surface area (Å²) in [5, 5.41) is 9.03. The molecule has 30 heavy (non-hydrogen) atoms. The van der Waals surface area contributed by atoms with Crippen molar-refractivity contribution in [1.29, 1.82) is 0 Å². The van der Waals surface area contributed by atoms with Gasteiger partial charge in [-0.3, -0.25) is 9.69 Å². The van der Waals surface area contributed by atoms with Crippen LogP contribution in [0.5, 0.6) is 0 Å². The topological polar surface area (TPSA) is 83.6 Å². The number of aryl methyl sites for hydroxylation is 2. The lowest BCUT2D eigenvalue weighted by atomic mass is 10.2. The average Bonchev–Trinajstić information content (AvgIpc) is 3.26. The first-order chi connectivity index (χ1) is 14.3. The number of carboxylic acid groups (broad SMARTS) is 1. The van der Waals surface area contributed by atoms with Crippen molar-refractivity contribution in [3.8, 4) is 11.5 Å². The van der Waals surface area contributed by atoms with Crippen molar-refractivity contribution in [2.45, 2.75) is 13.8 Å². The quantitative estimate of drug-likeness (QED) is 0.452. The van der Waals surface area contributed by atoms with Crippen molar-refractivity contribution in [3.05, 3.63) is 76.0 Å². The van der Waals surface area contributed by atoms with E-state index in [1.807, 2.05) is 32.0 Å². The van der Waals surface area contributed by atoms with Crippen LogP contribution in [0.3, 0.4) is 0 Å². The molecule has 0 saturated carbocycles. The normalized spacial score (nSPS) is 15.3. The number of carbonyl (C=O) groups excluding carboxylic acids is 1. The van der Waals surface area contributed by atoms with Crippen LogP contribution in [-0.4, -0.2) is 26.3 Å². The molecule has 0 aliphatic carbocycles. The number of pyridine rings is 1. The molecule has 6 nitrogen and oxygen atoms in total. The number of rotatable bonds is 4. The molecule has 1 aliphatic heterocycles. The minimum Gasteiger partial charge on any atom is -0.478 e. The molecule has 0 atom stereocenters. The van der Waals surface area contributed by atoms with Crippen LogP contribution in [0.4, 0.5) is 5.69 Å². The molecule has 1 fully saturated rings. The van der Waals surface area contributed by atoms with Gasteiger partial charge in [0.15, 0.2) is 10.1 Å². The largest absolute Gasteiger partial charge is 0.478 e. The predicted molar refractivity (Wildman–Crippen MR) is 120 cm³/mol. The van der Waals surface area contributed by atoms with E-state index in [0.717, 1.165) is 17.0 Å². The maximum Gasteiger partial charge on any atom is 0.335 e. The van der Waals surface area contributed by atoms with Crippen LogP contribution in [0.25, 0.3) is 17.5 Å². The van der Waals surface area contributed by atoms with Gasteiger partial charge in [0.1, 0.15) is 11.5 Å². The van der Waals surface area contributed by atoms with Crippen LogP contribution >= 0.6 is 24.0 Å². The van der Waals surface area contributed by atoms with Crippen LogP contribution in [0.2, 0.25) is 0 Å². The molecule has 0 unspecified atom stereocenters. The maximum atomic E-state index is 12.9. The van der Waals surface area contributed by atoms with Gasteiger partial charge in [0.2, 0.25) is 0 Å². The molecule has 1 aromatic carbocycles. The fraction of sp³-hybridized carbons (Fsp3) is 0.0909. The van der Waals surface area contributed by atoms with Crippen molar-refractivity contribution >= 4 is 51.9 Å². The molecule has 0 spiro atoms. The highest BCUT2D eigenvalue weighted by molar-refractivity contribution is 8.27. The third kappa shape index (κ3) is 3.92. The molecule has 1 amide bonds.